The van der Waals surface area contributed by atoms with Crippen LogP contribution in [0.4, 0.5) is 0 Å². The fourth-order valence-corrected chi connectivity index (χ4v) is 6.57. The third kappa shape index (κ3) is 32.5. The van der Waals surface area contributed by atoms with Gasteiger partial charge in [-0.05, 0) is 64.2 Å². The van der Waals surface area contributed by atoms with Crippen molar-refractivity contribution in [2.75, 3.05) is 13.2 Å². The van der Waals surface area contributed by atoms with E-state index in [1.165, 1.54) is 89.9 Å². The second-order valence-electron chi connectivity index (χ2n) is 12.7. The molecule has 8 heteroatoms. The Labute approximate surface area is 283 Å². The van der Waals surface area contributed by atoms with E-state index in [1.807, 2.05) is 0 Å². The van der Waals surface area contributed by atoms with Gasteiger partial charge in [-0.2, -0.15) is 5.09 Å². The Morgan fingerprint density at radius 2 is 0.826 bits per heavy atom. The second-order valence-corrected chi connectivity index (χ2v) is 14.4. The van der Waals surface area contributed by atoms with Crippen LogP contribution in [0.2, 0.25) is 0 Å². The molecule has 0 atom stereocenters. The topological polar surface area (TPSA) is 102 Å². The first-order valence-corrected chi connectivity index (χ1v) is 20.7. The number of nitrogens with one attached hydrogen (secondary N) is 1. The lowest BCUT2D eigenvalue weighted by Gasteiger charge is -2.18. The van der Waals surface area contributed by atoms with Crippen LogP contribution < -0.4 is 5.09 Å². The molecular weight excluding hydrogens is 597 g/mol. The van der Waals surface area contributed by atoms with Gasteiger partial charge in [0.15, 0.2) is 0 Å². The molecule has 0 saturated carbocycles. The third-order valence-electron chi connectivity index (χ3n) is 8.15. The second kappa shape index (κ2) is 34.9. The van der Waals surface area contributed by atoms with Crippen LogP contribution in [0.3, 0.4) is 0 Å². The van der Waals surface area contributed by atoms with Crippen molar-refractivity contribution < 1.29 is 28.3 Å². The van der Waals surface area contributed by atoms with Crippen LogP contribution >= 0.6 is 7.75 Å². The van der Waals surface area contributed by atoms with Crippen LogP contribution in [0.25, 0.3) is 0 Å². The van der Waals surface area contributed by atoms with Crippen molar-refractivity contribution in [2.24, 2.45) is 0 Å². The average Bonchev–Trinajstić information content (AvgIpc) is 3.03. The number of carbonyl (C=O) groups excluding carboxylic acids is 2. The van der Waals surface area contributed by atoms with Crippen LogP contribution in [-0.4, -0.2) is 30.2 Å². The summed E-state index contributed by atoms with van der Waals surface area (Å²) in [7, 11) is -4.15. The van der Waals surface area contributed by atoms with Crippen LogP contribution in [-0.2, 0) is 23.2 Å². The molecule has 0 aliphatic heterocycles. The number of hydrogen-bond donors (Lipinski definition) is 2. The first kappa shape index (κ1) is 44.6. The maximum absolute atomic E-state index is 13.0. The molecule has 0 spiro atoms. The fraction of sp³-hybridized carbons (Fsp3) is 0.842. The molecule has 0 saturated heterocycles. The highest BCUT2D eigenvalue weighted by molar-refractivity contribution is 7.52. The van der Waals surface area contributed by atoms with Gasteiger partial charge in [0.25, 0.3) is 0 Å². The van der Waals surface area contributed by atoms with E-state index < -0.39 is 19.7 Å². The summed E-state index contributed by atoms with van der Waals surface area (Å²) in [6, 6.07) is 0. The minimum atomic E-state index is -4.15. The number of allylic oxidation sites excluding steroid dienone is 4. The molecule has 0 unspecified atom stereocenters. The van der Waals surface area contributed by atoms with E-state index in [1.54, 1.807) is 0 Å². The number of aliphatic hydroxyl groups excluding tert-OH is 1. The summed E-state index contributed by atoms with van der Waals surface area (Å²) in [4.78, 5) is 24.7. The Kier molecular flexibility index (Phi) is 33.8. The molecule has 2 N–H and O–H groups in total. The van der Waals surface area contributed by atoms with Crippen molar-refractivity contribution in [1.29, 1.82) is 0 Å². The van der Waals surface area contributed by atoms with E-state index in [0.29, 0.717) is 12.8 Å². The lowest BCUT2D eigenvalue weighted by atomic mass is 10.1. The van der Waals surface area contributed by atoms with Gasteiger partial charge in [0.05, 0.1) is 6.61 Å². The molecule has 0 amide bonds. The highest BCUT2D eigenvalue weighted by atomic mass is 31.2. The lowest BCUT2D eigenvalue weighted by molar-refractivity contribution is -0.139. The van der Waals surface area contributed by atoms with Gasteiger partial charge in [0.1, 0.15) is 0 Å². The molecule has 270 valence electrons. The molecule has 0 radical (unpaired) electrons. The van der Waals surface area contributed by atoms with Gasteiger partial charge in [-0.25, -0.2) is 4.57 Å². The van der Waals surface area contributed by atoms with Gasteiger partial charge >= 0.3 is 19.7 Å². The zero-order valence-electron chi connectivity index (χ0n) is 30.0. The fourth-order valence-electron chi connectivity index (χ4n) is 5.31. The highest BCUT2D eigenvalue weighted by Gasteiger charge is 2.32. The molecule has 0 aliphatic carbocycles. The molecule has 0 rings (SSSR count). The Hall–Kier alpha value is -1.43. The summed E-state index contributed by atoms with van der Waals surface area (Å²) in [6.07, 6.45) is 39.6. The Morgan fingerprint density at radius 3 is 1.15 bits per heavy atom. The number of carbonyl (C=O) groups is 2. The average molecular weight is 670 g/mol. The largest absolute Gasteiger partial charge is 0.517 e. The van der Waals surface area contributed by atoms with Gasteiger partial charge in [-0.15, -0.1) is 0 Å². The monoisotopic (exact) mass is 670 g/mol. The van der Waals surface area contributed by atoms with Crippen LogP contribution in [0.5, 0.6) is 0 Å². The summed E-state index contributed by atoms with van der Waals surface area (Å²) in [6.45, 7) is 4.08. The van der Waals surface area contributed by atoms with E-state index in [-0.39, 0.29) is 26.0 Å². The number of rotatable bonds is 35. The molecule has 0 bridgehead atoms. The highest BCUT2D eigenvalue weighted by Crippen LogP contribution is 2.44. The van der Waals surface area contributed by atoms with Crippen molar-refractivity contribution in [3.8, 4) is 0 Å². The summed E-state index contributed by atoms with van der Waals surface area (Å²) < 4.78 is 23.2. The van der Waals surface area contributed by atoms with Crippen LogP contribution in [0.15, 0.2) is 24.3 Å². The molecule has 0 aromatic rings. The number of hydrogen-bond acceptors (Lipinski definition) is 6. The molecule has 46 heavy (non-hydrogen) atoms. The van der Waals surface area contributed by atoms with Crippen molar-refractivity contribution >= 4 is 19.7 Å². The minimum absolute atomic E-state index is 0.0986. The Morgan fingerprint density at radius 1 is 0.522 bits per heavy atom. The summed E-state index contributed by atoms with van der Waals surface area (Å²) in [5.74, 6) is -1.31. The van der Waals surface area contributed by atoms with Crippen LogP contribution in [0.1, 0.15) is 194 Å². The van der Waals surface area contributed by atoms with Crippen molar-refractivity contribution in [1.82, 2.24) is 5.09 Å². The zero-order valence-corrected chi connectivity index (χ0v) is 30.9. The zero-order chi connectivity index (χ0) is 33.8. The van der Waals surface area contributed by atoms with Crippen molar-refractivity contribution in [3.63, 3.8) is 0 Å². The summed E-state index contributed by atoms with van der Waals surface area (Å²) in [5.41, 5.74) is 0. The molecule has 0 aliphatic rings. The molecular formula is C38H72NO6P. The molecule has 0 aromatic carbocycles. The van der Waals surface area contributed by atoms with Crippen molar-refractivity contribution in [3.05, 3.63) is 24.3 Å². The Bertz CT molecular complexity index is 742. The first-order valence-electron chi connectivity index (χ1n) is 19.2. The SMILES string of the molecule is CCCCCCCC/C=C\CCCCCCCC(=O)OP(=O)(NCCO)OC(=O)CCCCCCC/C=C\CCCCCCCC. The summed E-state index contributed by atoms with van der Waals surface area (Å²) in [5, 5.41) is 11.6. The standard InChI is InChI=1S/C38H72NO6P/c1-3-5-7-9-11-13-15-17-19-21-23-25-27-29-31-33-37(41)44-46(43,39-35-36-40)45-38(42)34-32-30-28-26-24-22-20-18-16-14-12-10-8-6-4-2/h17-20,40H,3-16,21-36H2,1-2H3,(H,39,43)/b19-17-,20-18-. The van der Waals surface area contributed by atoms with E-state index in [2.05, 4.69) is 43.2 Å². The third-order valence-corrected chi connectivity index (χ3v) is 9.65. The summed E-state index contributed by atoms with van der Waals surface area (Å²) >= 11 is 0. The lowest BCUT2D eigenvalue weighted by Crippen LogP contribution is -2.22. The number of unbranched alkanes of at least 4 members (excludes halogenated alkanes) is 22. The predicted molar refractivity (Wildman–Crippen MR) is 194 cm³/mol. The minimum Gasteiger partial charge on any atom is -0.395 e. The van der Waals surface area contributed by atoms with Gasteiger partial charge in [0.2, 0.25) is 0 Å². The maximum atomic E-state index is 13.0. The molecule has 7 nitrogen and oxygen atoms in total. The molecule has 0 aromatic heterocycles. The maximum Gasteiger partial charge on any atom is 0.517 e. The number of aliphatic hydroxyl groups is 1. The molecule has 0 heterocycles. The Balaban J connectivity index is 3.94. The van der Waals surface area contributed by atoms with E-state index in [4.69, 9.17) is 14.2 Å². The molecule has 0 fully saturated rings. The van der Waals surface area contributed by atoms with E-state index in [0.717, 1.165) is 64.2 Å². The van der Waals surface area contributed by atoms with E-state index in [9.17, 15) is 14.2 Å². The van der Waals surface area contributed by atoms with Crippen LogP contribution in [0, 0.1) is 0 Å². The van der Waals surface area contributed by atoms with Gasteiger partial charge in [0, 0.05) is 19.4 Å². The smallest absolute Gasteiger partial charge is 0.395 e. The normalized spacial score (nSPS) is 12.0. The van der Waals surface area contributed by atoms with E-state index >= 15 is 0 Å². The van der Waals surface area contributed by atoms with Gasteiger partial charge in [-0.1, -0.05) is 141 Å². The quantitative estimate of drug-likeness (QED) is 0.0393. The van der Waals surface area contributed by atoms with Gasteiger partial charge in [-0.3, -0.25) is 9.59 Å². The van der Waals surface area contributed by atoms with Gasteiger partial charge < -0.3 is 14.2 Å². The van der Waals surface area contributed by atoms with Crippen molar-refractivity contribution in [2.45, 2.75) is 194 Å². The predicted octanol–water partition coefficient (Wildman–Crippen LogP) is 11.8. The first-order chi connectivity index (χ1) is 22.5.